The number of benzene rings is 1. The molecule has 0 unspecified atom stereocenters. The summed E-state index contributed by atoms with van der Waals surface area (Å²) in [6, 6.07) is 6.26. The first-order chi connectivity index (χ1) is 7.60. The molecular formula is C13H14ClNO. The van der Waals surface area contributed by atoms with Crippen molar-refractivity contribution < 1.29 is 4.74 Å². The van der Waals surface area contributed by atoms with Gasteiger partial charge in [0.25, 0.3) is 0 Å². The van der Waals surface area contributed by atoms with E-state index in [1.54, 1.807) is 7.11 Å². The van der Waals surface area contributed by atoms with Gasteiger partial charge >= 0.3 is 0 Å². The maximum absolute atomic E-state index is 9.07. The van der Waals surface area contributed by atoms with E-state index in [0.29, 0.717) is 10.8 Å². The summed E-state index contributed by atoms with van der Waals surface area (Å²) in [6.07, 6.45) is 2.82. The smallest absolute Gasteiger partial charge is 0.137 e. The van der Waals surface area contributed by atoms with Crippen LogP contribution in [0.2, 0.25) is 5.02 Å². The summed E-state index contributed by atoms with van der Waals surface area (Å²) >= 11 is 6.09. The summed E-state index contributed by atoms with van der Waals surface area (Å²) in [5, 5.41) is 9.69. The Morgan fingerprint density at radius 1 is 1.50 bits per heavy atom. The molecule has 84 valence electrons. The van der Waals surface area contributed by atoms with Crippen molar-refractivity contribution in [3.63, 3.8) is 0 Å². The lowest BCUT2D eigenvalue weighted by molar-refractivity contribution is 0.414. The highest BCUT2D eigenvalue weighted by atomic mass is 35.5. The third-order valence-electron chi connectivity index (χ3n) is 3.23. The van der Waals surface area contributed by atoms with Crippen molar-refractivity contribution in [1.29, 1.82) is 5.26 Å². The lowest BCUT2D eigenvalue weighted by Crippen LogP contribution is -2.03. The number of hydrogen-bond donors (Lipinski definition) is 0. The average Bonchev–Trinajstić information content (AvgIpc) is 3.03. The molecule has 0 N–H and O–H groups in total. The van der Waals surface area contributed by atoms with Crippen molar-refractivity contribution in [2.75, 3.05) is 7.11 Å². The Bertz CT molecular complexity index is 458. The van der Waals surface area contributed by atoms with Crippen LogP contribution in [0.4, 0.5) is 0 Å². The van der Waals surface area contributed by atoms with E-state index < -0.39 is 0 Å². The number of aryl methyl sites for hydroxylation is 1. The Hall–Kier alpha value is -1.20. The molecule has 0 heterocycles. The summed E-state index contributed by atoms with van der Waals surface area (Å²) < 4.78 is 5.16. The van der Waals surface area contributed by atoms with Crippen LogP contribution >= 0.6 is 11.6 Å². The van der Waals surface area contributed by atoms with E-state index in [1.807, 2.05) is 19.1 Å². The number of ether oxygens (including phenoxy) is 1. The Kier molecular flexibility index (Phi) is 2.82. The molecule has 2 nitrogen and oxygen atoms in total. The van der Waals surface area contributed by atoms with E-state index in [4.69, 9.17) is 21.6 Å². The molecule has 0 amide bonds. The van der Waals surface area contributed by atoms with Crippen molar-refractivity contribution in [1.82, 2.24) is 0 Å². The van der Waals surface area contributed by atoms with Crippen LogP contribution in [0, 0.1) is 23.7 Å². The number of rotatable bonds is 3. The summed E-state index contributed by atoms with van der Waals surface area (Å²) in [5.74, 6) is 0.699. The first kappa shape index (κ1) is 11.3. The van der Waals surface area contributed by atoms with Gasteiger partial charge in [-0.15, -0.1) is 0 Å². The molecule has 0 bridgehead atoms. The van der Waals surface area contributed by atoms with E-state index in [2.05, 4.69) is 6.07 Å². The monoisotopic (exact) mass is 235 g/mol. The van der Waals surface area contributed by atoms with Crippen molar-refractivity contribution in [3.8, 4) is 11.8 Å². The van der Waals surface area contributed by atoms with Gasteiger partial charge in [0.05, 0.1) is 23.6 Å². The van der Waals surface area contributed by atoms with E-state index >= 15 is 0 Å². The van der Waals surface area contributed by atoms with Gasteiger partial charge in [-0.3, -0.25) is 0 Å². The van der Waals surface area contributed by atoms with Gasteiger partial charge in [-0.25, -0.2) is 0 Å². The minimum atomic E-state index is -0.122. The maximum atomic E-state index is 9.07. The number of hydrogen-bond acceptors (Lipinski definition) is 2. The topological polar surface area (TPSA) is 33.0 Å². The van der Waals surface area contributed by atoms with Crippen LogP contribution in [-0.2, 0) is 6.42 Å². The summed E-state index contributed by atoms with van der Waals surface area (Å²) in [5.41, 5.74) is 2.18. The maximum Gasteiger partial charge on any atom is 0.137 e. The molecular weight excluding hydrogens is 222 g/mol. The second-order valence-corrected chi connectivity index (χ2v) is 4.89. The zero-order valence-electron chi connectivity index (χ0n) is 9.51. The molecule has 0 spiro atoms. The van der Waals surface area contributed by atoms with Crippen LogP contribution in [0.15, 0.2) is 12.1 Å². The van der Waals surface area contributed by atoms with Crippen LogP contribution in [0.25, 0.3) is 0 Å². The molecule has 0 atom stereocenters. The van der Waals surface area contributed by atoms with Gasteiger partial charge in [-0.2, -0.15) is 5.26 Å². The van der Waals surface area contributed by atoms with Gasteiger partial charge in [0.2, 0.25) is 0 Å². The molecule has 0 radical (unpaired) electrons. The van der Waals surface area contributed by atoms with Gasteiger partial charge in [0.1, 0.15) is 5.75 Å². The van der Waals surface area contributed by atoms with Gasteiger partial charge in [0, 0.05) is 0 Å². The van der Waals surface area contributed by atoms with Crippen molar-refractivity contribution in [3.05, 3.63) is 28.3 Å². The predicted octanol–water partition coefficient (Wildman–Crippen LogP) is 3.50. The molecule has 0 aliphatic heterocycles. The predicted molar refractivity (Wildman–Crippen MR) is 63.7 cm³/mol. The number of nitriles is 1. The zero-order chi connectivity index (χ0) is 11.8. The average molecular weight is 236 g/mol. The van der Waals surface area contributed by atoms with Gasteiger partial charge < -0.3 is 4.74 Å². The first-order valence-electron chi connectivity index (χ1n) is 5.34. The number of nitrogens with zero attached hydrogens (tertiary/aromatic N) is 1. The highest BCUT2D eigenvalue weighted by molar-refractivity contribution is 6.32. The van der Waals surface area contributed by atoms with Crippen molar-refractivity contribution in [2.45, 2.75) is 26.2 Å². The highest BCUT2D eigenvalue weighted by Gasteiger charge is 2.43. The second-order valence-electron chi connectivity index (χ2n) is 4.48. The molecule has 0 aromatic heterocycles. The van der Waals surface area contributed by atoms with Gasteiger partial charge in [-0.1, -0.05) is 11.6 Å². The third kappa shape index (κ3) is 2.01. The molecule has 1 fully saturated rings. The fourth-order valence-electron chi connectivity index (χ4n) is 1.89. The minimum Gasteiger partial charge on any atom is -0.495 e. The van der Waals surface area contributed by atoms with Crippen LogP contribution < -0.4 is 4.74 Å². The standard InChI is InChI=1S/C13H14ClNO/c1-9-5-12(16-2)11(14)6-10(9)7-13(8-15)3-4-13/h5-6H,3-4,7H2,1-2H3. The second kappa shape index (κ2) is 3.99. The van der Waals surface area contributed by atoms with Gasteiger partial charge in [-0.05, 0) is 49.4 Å². The number of methoxy groups -OCH3 is 1. The molecule has 1 aliphatic rings. The Morgan fingerprint density at radius 2 is 2.19 bits per heavy atom. The largest absolute Gasteiger partial charge is 0.495 e. The van der Waals surface area contributed by atoms with Crippen molar-refractivity contribution in [2.24, 2.45) is 5.41 Å². The van der Waals surface area contributed by atoms with E-state index in [1.165, 1.54) is 0 Å². The quantitative estimate of drug-likeness (QED) is 0.803. The highest BCUT2D eigenvalue weighted by Crippen LogP contribution is 2.48. The fourth-order valence-corrected chi connectivity index (χ4v) is 2.15. The van der Waals surface area contributed by atoms with Crippen molar-refractivity contribution >= 4 is 11.6 Å². The van der Waals surface area contributed by atoms with E-state index in [9.17, 15) is 0 Å². The Labute approximate surface area is 101 Å². The van der Waals surface area contributed by atoms with E-state index in [0.717, 1.165) is 30.4 Å². The van der Waals surface area contributed by atoms with Crippen LogP contribution in [0.5, 0.6) is 5.75 Å². The molecule has 1 aromatic carbocycles. The van der Waals surface area contributed by atoms with Gasteiger partial charge in [0.15, 0.2) is 0 Å². The fraction of sp³-hybridized carbons (Fsp3) is 0.462. The summed E-state index contributed by atoms with van der Waals surface area (Å²) in [4.78, 5) is 0. The van der Waals surface area contributed by atoms with Crippen LogP contribution in [0.3, 0.4) is 0 Å². The van der Waals surface area contributed by atoms with Crippen LogP contribution in [0.1, 0.15) is 24.0 Å². The molecule has 3 heteroatoms. The summed E-state index contributed by atoms with van der Waals surface area (Å²) in [6.45, 7) is 2.03. The lowest BCUT2D eigenvalue weighted by Gasteiger charge is -2.12. The van der Waals surface area contributed by atoms with E-state index in [-0.39, 0.29) is 5.41 Å². The minimum absolute atomic E-state index is 0.122. The molecule has 1 aromatic rings. The first-order valence-corrected chi connectivity index (χ1v) is 5.72. The summed E-state index contributed by atoms with van der Waals surface area (Å²) in [7, 11) is 1.61. The molecule has 2 rings (SSSR count). The molecule has 16 heavy (non-hydrogen) atoms. The third-order valence-corrected chi connectivity index (χ3v) is 3.53. The Balaban J connectivity index is 2.29. The Morgan fingerprint density at radius 3 is 2.69 bits per heavy atom. The lowest BCUT2D eigenvalue weighted by atomic mass is 9.95. The SMILES string of the molecule is COc1cc(C)c(CC2(C#N)CC2)cc1Cl. The van der Waals surface area contributed by atoms with Crippen LogP contribution in [-0.4, -0.2) is 7.11 Å². The molecule has 1 aliphatic carbocycles. The molecule has 0 saturated heterocycles. The molecule has 1 saturated carbocycles. The normalized spacial score (nSPS) is 16.6. The number of halogens is 1. The zero-order valence-corrected chi connectivity index (χ0v) is 10.3.